The zero-order valence-electron chi connectivity index (χ0n) is 10.0. The molecule has 0 heterocycles. The fourth-order valence-corrected chi connectivity index (χ4v) is 2.70. The van der Waals surface area contributed by atoms with Gasteiger partial charge in [-0.2, -0.15) is 13.2 Å². The van der Waals surface area contributed by atoms with Gasteiger partial charge in [0.1, 0.15) is 5.54 Å². The lowest BCUT2D eigenvalue weighted by molar-refractivity contribution is -0.166. The maximum absolute atomic E-state index is 12.7. The largest absolute Gasteiger partial charge is 0.406 e. The Morgan fingerprint density at radius 1 is 1.06 bits per heavy atom. The van der Waals surface area contributed by atoms with E-state index in [1.54, 1.807) is 0 Å². The smallest absolute Gasteiger partial charge is 0.330 e. The lowest BCUT2D eigenvalue weighted by Crippen LogP contribution is -2.47. The molecule has 2 rings (SSSR count). The molecule has 0 bridgehead atoms. The van der Waals surface area contributed by atoms with Crippen LogP contribution in [-0.4, -0.2) is 24.8 Å². The first-order chi connectivity index (χ1) is 7.97. The van der Waals surface area contributed by atoms with E-state index in [9.17, 15) is 13.2 Å². The van der Waals surface area contributed by atoms with Crippen LogP contribution in [0.3, 0.4) is 0 Å². The normalized spacial score (nSPS) is 32.5. The zero-order chi connectivity index (χ0) is 12.5. The van der Waals surface area contributed by atoms with Gasteiger partial charge in [-0.15, -0.1) is 0 Å². The molecule has 2 saturated carbocycles. The van der Waals surface area contributed by atoms with Gasteiger partial charge in [0, 0.05) is 0 Å². The summed E-state index contributed by atoms with van der Waals surface area (Å²) in [5.74, 6) is 0.987. The van der Waals surface area contributed by atoms with Crippen molar-refractivity contribution >= 4 is 0 Å². The molecule has 17 heavy (non-hydrogen) atoms. The number of hydrogen-bond donors (Lipinski definition) is 2. The van der Waals surface area contributed by atoms with Gasteiger partial charge in [0.2, 0.25) is 0 Å². The van der Waals surface area contributed by atoms with E-state index < -0.39 is 11.7 Å². The monoisotopic (exact) mass is 250 g/mol. The number of nitrogens with one attached hydrogen (secondary N) is 1. The maximum Gasteiger partial charge on any atom is 0.406 e. The van der Waals surface area contributed by atoms with Crippen LogP contribution in [0.2, 0.25) is 0 Å². The van der Waals surface area contributed by atoms with E-state index in [-0.39, 0.29) is 12.8 Å². The predicted octanol–water partition coefficient (Wildman–Crippen LogP) is 2.44. The third-order valence-corrected chi connectivity index (χ3v) is 4.32. The quantitative estimate of drug-likeness (QED) is 0.804. The van der Waals surface area contributed by atoms with E-state index in [1.165, 1.54) is 0 Å². The Morgan fingerprint density at radius 3 is 2.00 bits per heavy atom. The second-order valence-corrected chi connectivity index (χ2v) is 5.58. The van der Waals surface area contributed by atoms with Crippen LogP contribution in [0.5, 0.6) is 0 Å². The van der Waals surface area contributed by atoms with Gasteiger partial charge in [-0.05, 0) is 63.5 Å². The van der Waals surface area contributed by atoms with E-state index in [1.807, 2.05) is 0 Å². The molecule has 2 fully saturated rings. The summed E-state index contributed by atoms with van der Waals surface area (Å²) in [6, 6.07) is 0. The highest BCUT2D eigenvalue weighted by Gasteiger charge is 2.63. The highest BCUT2D eigenvalue weighted by Crippen LogP contribution is 2.49. The minimum absolute atomic E-state index is 0.245. The molecule has 0 aromatic heterocycles. The van der Waals surface area contributed by atoms with Gasteiger partial charge in [0.05, 0.1) is 0 Å². The Kier molecular flexibility index (Phi) is 3.69. The van der Waals surface area contributed by atoms with Crippen molar-refractivity contribution in [3.8, 4) is 0 Å². The van der Waals surface area contributed by atoms with Gasteiger partial charge in [-0.25, -0.2) is 0 Å². The Bertz CT molecular complexity index is 253. The van der Waals surface area contributed by atoms with Crippen molar-refractivity contribution in [2.75, 3.05) is 13.1 Å². The lowest BCUT2D eigenvalue weighted by Gasteiger charge is -2.30. The Hall–Kier alpha value is -0.290. The van der Waals surface area contributed by atoms with E-state index in [0.717, 1.165) is 25.7 Å². The topological polar surface area (TPSA) is 38.0 Å². The Balaban J connectivity index is 1.73. The van der Waals surface area contributed by atoms with Crippen molar-refractivity contribution < 1.29 is 13.2 Å². The molecule has 2 nitrogen and oxygen atoms in total. The number of rotatable bonds is 4. The minimum atomic E-state index is -4.08. The maximum atomic E-state index is 12.7. The van der Waals surface area contributed by atoms with Crippen molar-refractivity contribution in [1.29, 1.82) is 0 Å². The molecule has 2 aliphatic carbocycles. The van der Waals surface area contributed by atoms with Crippen LogP contribution < -0.4 is 11.1 Å². The molecule has 0 aromatic rings. The first-order valence-corrected chi connectivity index (χ1v) is 6.49. The van der Waals surface area contributed by atoms with Gasteiger partial charge < -0.3 is 11.1 Å². The number of halogens is 3. The number of hydrogen-bond acceptors (Lipinski definition) is 2. The van der Waals surface area contributed by atoms with Crippen LogP contribution in [0.25, 0.3) is 0 Å². The molecule has 2 aliphatic rings. The number of alkyl halides is 3. The highest BCUT2D eigenvalue weighted by molar-refractivity contribution is 5.08. The first-order valence-electron chi connectivity index (χ1n) is 6.49. The van der Waals surface area contributed by atoms with Crippen molar-refractivity contribution in [2.24, 2.45) is 17.6 Å². The summed E-state index contributed by atoms with van der Waals surface area (Å²) in [4.78, 5) is 0. The number of nitrogens with two attached hydrogens (primary N) is 1. The van der Waals surface area contributed by atoms with Gasteiger partial charge in [-0.3, -0.25) is 0 Å². The van der Waals surface area contributed by atoms with Crippen molar-refractivity contribution in [1.82, 2.24) is 5.32 Å². The molecule has 0 spiro atoms. The van der Waals surface area contributed by atoms with Crippen LogP contribution in [-0.2, 0) is 0 Å². The Labute approximate surface area is 100 Å². The van der Waals surface area contributed by atoms with Crippen molar-refractivity contribution in [3.63, 3.8) is 0 Å². The standard InChI is InChI=1S/C12H21F3N2/c13-12(14,15)11(5-6-11)17-8-10-3-1-9(7-16)2-4-10/h9-10,17H,1-8,16H2. The van der Waals surface area contributed by atoms with Crippen molar-refractivity contribution in [2.45, 2.75) is 50.2 Å². The van der Waals surface area contributed by atoms with Gasteiger partial charge >= 0.3 is 6.18 Å². The molecule has 0 saturated heterocycles. The van der Waals surface area contributed by atoms with E-state index in [0.29, 0.717) is 24.9 Å². The van der Waals surface area contributed by atoms with Crippen LogP contribution in [0.4, 0.5) is 13.2 Å². The summed E-state index contributed by atoms with van der Waals surface area (Å²) in [5, 5.41) is 2.76. The Morgan fingerprint density at radius 2 is 1.59 bits per heavy atom. The predicted molar refractivity (Wildman–Crippen MR) is 60.5 cm³/mol. The van der Waals surface area contributed by atoms with Crippen LogP contribution in [0, 0.1) is 11.8 Å². The van der Waals surface area contributed by atoms with Gasteiger partial charge in [0.25, 0.3) is 0 Å². The van der Waals surface area contributed by atoms with Crippen molar-refractivity contribution in [3.05, 3.63) is 0 Å². The fraction of sp³-hybridized carbons (Fsp3) is 1.00. The second kappa shape index (κ2) is 4.76. The third-order valence-electron chi connectivity index (χ3n) is 4.32. The molecule has 100 valence electrons. The average Bonchev–Trinajstić information content (AvgIpc) is 3.07. The molecule has 0 aliphatic heterocycles. The lowest BCUT2D eigenvalue weighted by atomic mass is 9.82. The molecular weight excluding hydrogens is 229 g/mol. The summed E-state index contributed by atoms with van der Waals surface area (Å²) < 4.78 is 38.1. The molecular formula is C12H21F3N2. The molecule has 0 amide bonds. The van der Waals surface area contributed by atoms with Gasteiger partial charge in [0.15, 0.2) is 0 Å². The van der Waals surface area contributed by atoms with Crippen LogP contribution in [0.15, 0.2) is 0 Å². The second-order valence-electron chi connectivity index (χ2n) is 5.58. The molecule has 0 aromatic carbocycles. The SMILES string of the molecule is NCC1CCC(CNC2(C(F)(F)F)CC2)CC1. The van der Waals surface area contributed by atoms with E-state index in [4.69, 9.17) is 5.73 Å². The fourth-order valence-electron chi connectivity index (χ4n) is 2.70. The molecule has 0 atom stereocenters. The first kappa shape index (κ1) is 13.1. The average molecular weight is 250 g/mol. The molecule has 3 N–H and O–H groups in total. The van der Waals surface area contributed by atoms with Crippen LogP contribution in [0.1, 0.15) is 38.5 Å². The molecule has 0 radical (unpaired) electrons. The zero-order valence-corrected chi connectivity index (χ0v) is 10.0. The summed E-state index contributed by atoms with van der Waals surface area (Å²) in [6.45, 7) is 1.23. The third kappa shape index (κ3) is 2.94. The van der Waals surface area contributed by atoms with E-state index >= 15 is 0 Å². The summed E-state index contributed by atoms with van der Waals surface area (Å²) in [5.41, 5.74) is 4.05. The molecule has 5 heteroatoms. The summed E-state index contributed by atoms with van der Waals surface area (Å²) >= 11 is 0. The van der Waals surface area contributed by atoms with Crippen LogP contribution >= 0.6 is 0 Å². The minimum Gasteiger partial charge on any atom is -0.330 e. The molecule has 0 unspecified atom stereocenters. The van der Waals surface area contributed by atoms with Gasteiger partial charge in [-0.1, -0.05) is 0 Å². The van der Waals surface area contributed by atoms with E-state index in [2.05, 4.69) is 5.32 Å². The highest BCUT2D eigenvalue weighted by atomic mass is 19.4. The summed E-state index contributed by atoms with van der Waals surface area (Å²) in [7, 11) is 0. The summed E-state index contributed by atoms with van der Waals surface area (Å²) in [6.07, 6.45) is 0.583.